The number of carbonyl (C=O) groups excluding carboxylic acids is 1. The number of amides is 1. The molecule has 0 spiro atoms. The Morgan fingerprint density at radius 2 is 1.92 bits per heavy atom. The molecule has 130 valence electrons. The van der Waals surface area contributed by atoms with Crippen molar-refractivity contribution >= 4 is 17.5 Å². The van der Waals surface area contributed by atoms with E-state index in [1.54, 1.807) is 12.1 Å². The van der Waals surface area contributed by atoms with Gasteiger partial charge in [-0.2, -0.15) is 0 Å². The molecule has 2 aromatic rings. The Kier molecular flexibility index (Phi) is 4.48. The van der Waals surface area contributed by atoms with Crippen molar-refractivity contribution in [3.8, 4) is 0 Å². The van der Waals surface area contributed by atoms with Gasteiger partial charge in [-0.15, -0.1) is 0 Å². The summed E-state index contributed by atoms with van der Waals surface area (Å²) >= 11 is 6.26. The second-order valence-electron chi connectivity index (χ2n) is 6.67. The minimum Gasteiger partial charge on any atom is -0.370 e. The number of hydrogen-bond acceptors (Lipinski definition) is 2. The van der Waals surface area contributed by atoms with Crippen LogP contribution in [0.25, 0.3) is 0 Å². The smallest absolute Gasteiger partial charge is 0.226 e. The van der Waals surface area contributed by atoms with Crippen LogP contribution >= 0.6 is 11.6 Å². The Labute approximate surface area is 151 Å². The Bertz CT molecular complexity index is 780. The maximum Gasteiger partial charge on any atom is 0.226 e. The van der Waals surface area contributed by atoms with Gasteiger partial charge in [-0.25, -0.2) is 4.39 Å². The topological polar surface area (TPSA) is 29.5 Å². The molecule has 2 aromatic carbocycles. The molecule has 2 aliphatic rings. The molecule has 1 amide bonds. The molecule has 1 saturated heterocycles. The van der Waals surface area contributed by atoms with Crippen molar-refractivity contribution in [2.24, 2.45) is 5.92 Å². The molecule has 1 saturated carbocycles. The zero-order chi connectivity index (χ0) is 17.4. The van der Waals surface area contributed by atoms with E-state index in [1.165, 1.54) is 12.1 Å². The number of nitrogens with zero attached hydrogens (tertiary/aromatic N) is 1. The van der Waals surface area contributed by atoms with Gasteiger partial charge in [0.1, 0.15) is 11.9 Å². The summed E-state index contributed by atoms with van der Waals surface area (Å²) in [5.74, 6) is 0.119. The SMILES string of the molecule is O=C(C1CC1c1ccccc1Cl)N1CCOC(c2ccc(F)cc2)C1. The number of morpholine rings is 1. The van der Waals surface area contributed by atoms with E-state index in [9.17, 15) is 9.18 Å². The third-order valence-corrected chi connectivity index (χ3v) is 5.38. The van der Waals surface area contributed by atoms with Gasteiger partial charge in [-0.1, -0.05) is 41.9 Å². The van der Waals surface area contributed by atoms with Crippen LogP contribution in [0.4, 0.5) is 4.39 Å². The first kappa shape index (κ1) is 16.6. The molecule has 3 nitrogen and oxygen atoms in total. The van der Waals surface area contributed by atoms with E-state index in [-0.39, 0.29) is 29.7 Å². The van der Waals surface area contributed by atoms with E-state index in [1.807, 2.05) is 29.2 Å². The van der Waals surface area contributed by atoms with E-state index in [4.69, 9.17) is 16.3 Å². The number of halogens is 2. The van der Waals surface area contributed by atoms with Crippen LogP contribution in [0.1, 0.15) is 29.6 Å². The van der Waals surface area contributed by atoms with Gasteiger partial charge in [0.15, 0.2) is 0 Å². The number of benzene rings is 2. The fourth-order valence-corrected chi connectivity index (χ4v) is 3.83. The summed E-state index contributed by atoms with van der Waals surface area (Å²) in [6.07, 6.45) is 0.650. The molecule has 0 radical (unpaired) electrons. The minimum atomic E-state index is -0.270. The summed E-state index contributed by atoms with van der Waals surface area (Å²) in [4.78, 5) is 14.7. The first-order valence-electron chi connectivity index (χ1n) is 8.54. The summed E-state index contributed by atoms with van der Waals surface area (Å²) in [6.45, 7) is 1.61. The fraction of sp³-hybridized carbons (Fsp3) is 0.350. The Balaban J connectivity index is 1.43. The third-order valence-electron chi connectivity index (χ3n) is 5.03. The molecule has 0 bridgehead atoms. The summed E-state index contributed by atoms with van der Waals surface area (Å²) in [7, 11) is 0. The van der Waals surface area contributed by atoms with E-state index >= 15 is 0 Å². The molecule has 1 aliphatic carbocycles. The van der Waals surface area contributed by atoms with Gasteiger partial charge in [0.2, 0.25) is 5.91 Å². The number of rotatable bonds is 3. The Morgan fingerprint density at radius 3 is 2.68 bits per heavy atom. The van der Waals surface area contributed by atoms with E-state index in [2.05, 4.69) is 0 Å². The molecule has 4 rings (SSSR count). The highest BCUT2D eigenvalue weighted by molar-refractivity contribution is 6.31. The molecular formula is C20H19ClFNO2. The van der Waals surface area contributed by atoms with Crippen LogP contribution in [-0.4, -0.2) is 30.5 Å². The average molecular weight is 360 g/mol. The van der Waals surface area contributed by atoms with Gasteiger partial charge in [-0.3, -0.25) is 4.79 Å². The monoisotopic (exact) mass is 359 g/mol. The highest BCUT2D eigenvalue weighted by Crippen LogP contribution is 2.50. The Morgan fingerprint density at radius 1 is 1.16 bits per heavy atom. The fourth-order valence-electron chi connectivity index (χ4n) is 3.55. The highest BCUT2D eigenvalue weighted by Gasteiger charge is 2.47. The van der Waals surface area contributed by atoms with Crippen LogP contribution in [0, 0.1) is 11.7 Å². The van der Waals surface area contributed by atoms with Crippen LogP contribution in [0.3, 0.4) is 0 Å². The first-order chi connectivity index (χ1) is 12.1. The largest absolute Gasteiger partial charge is 0.370 e. The predicted octanol–water partition coefficient (Wildman–Crippen LogP) is 4.18. The summed E-state index contributed by atoms with van der Waals surface area (Å²) in [5, 5.41) is 0.731. The molecule has 3 unspecified atom stereocenters. The van der Waals surface area contributed by atoms with Gasteiger partial charge in [0.25, 0.3) is 0 Å². The maximum absolute atomic E-state index is 13.1. The molecule has 5 heteroatoms. The van der Waals surface area contributed by atoms with E-state index in [0.29, 0.717) is 19.7 Å². The predicted molar refractivity (Wildman–Crippen MR) is 94.0 cm³/mol. The van der Waals surface area contributed by atoms with Gasteiger partial charge in [0, 0.05) is 17.5 Å². The number of hydrogen-bond donors (Lipinski definition) is 0. The van der Waals surface area contributed by atoms with Crippen LogP contribution < -0.4 is 0 Å². The van der Waals surface area contributed by atoms with Gasteiger partial charge >= 0.3 is 0 Å². The molecule has 1 aliphatic heterocycles. The standard InChI is InChI=1S/C20H19ClFNO2/c21-18-4-2-1-3-15(18)16-11-17(16)20(24)23-9-10-25-19(12-23)13-5-7-14(22)8-6-13/h1-8,16-17,19H,9-12H2. The lowest BCUT2D eigenvalue weighted by Crippen LogP contribution is -2.43. The minimum absolute atomic E-state index is 0.00636. The van der Waals surface area contributed by atoms with E-state index < -0.39 is 0 Å². The molecule has 1 heterocycles. The van der Waals surface area contributed by atoms with Crippen LogP contribution in [0.2, 0.25) is 5.02 Å². The van der Waals surface area contributed by atoms with Crippen LogP contribution in [0.5, 0.6) is 0 Å². The molecule has 0 N–H and O–H groups in total. The third kappa shape index (κ3) is 3.42. The molecule has 25 heavy (non-hydrogen) atoms. The van der Waals surface area contributed by atoms with Crippen molar-refractivity contribution in [3.63, 3.8) is 0 Å². The quantitative estimate of drug-likeness (QED) is 0.822. The second-order valence-corrected chi connectivity index (χ2v) is 7.07. The molecule has 0 aromatic heterocycles. The first-order valence-corrected chi connectivity index (χ1v) is 8.91. The number of ether oxygens (including phenoxy) is 1. The Hall–Kier alpha value is -1.91. The van der Waals surface area contributed by atoms with Crippen LogP contribution in [-0.2, 0) is 9.53 Å². The zero-order valence-corrected chi connectivity index (χ0v) is 14.5. The normalized spacial score (nSPS) is 25.7. The van der Waals surface area contributed by atoms with Crippen molar-refractivity contribution in [3.05, 3.63) is 70.5 Å². The molecule has 2 fully saturated rings. The maximum atomic E-state index is 13.1. The van der Waals surface area contributed by atoms with Crippen LogP contribution in [0.15, 0.2) is 48.5 Å². The lowest BCUT2D eigenvalue weighted by molar-refractivity contribution is -0.140. The molecule has 3 atom stereocenters. The van der Waals surface area contributed by atoms with E-state index in [0.717, 1.165) is 22.6 Å². The summed E-state index contributed by atoms with van der Waals surface area (Å²) in [6, 6.07) is 14.0. The lowest BCUT2D eigenvalue weighted by Gasteiger charge is -2.33. The summed E-state index contributed by atoms with van der Waals surface area (Å²) < 4.78 is 18.9. The van der Waals surface area contributed by atoms with Crippen molar-refractivity contribution in [2.45, 2.75) is 18.4 Å². The number of carbonyl (C=O) groups is 1. The highest BCUT2D eigenvalue weighted by atomic mass is 35.5. The van der Waals surface area contributed by atoms with Crippen molar-refractivity contribution in [1.82, 2.24) is 4.90 Å². The van der Waals surface area contributed by atoms with Crippen molar-refractivity contribution in [2.75, 3.05) is 19.7 Å². The lowest BCUT2D eigenvalue weighted by atomic mass is 10.1. The van der Waals surface area contributed by atoms with Crippen molar-refractivity contribution < 1.29 is 13.9 Å². The zero-order valence-electron chi connectivity index (χ0n) is 13.7. The van der Waals surface area contributed by atoms with Crippen molar-refractivity contribution in [1.29, 1.82) is 0 Å². The summed E-state index contributed by atoms with van der Waals surface area (Å²) in [5.41, 5.74) is 1.96. The van der Waals surface area contributed by atoms with Gasteiger partial charge in [0.05, 0.1) is 13.2 Å². The van der Waals surface area contributed by atoms with Gasteiger partial charge in [-0.05, 0) is 41.7 Å². The molecular weight excluding hydrogens is 341 g/mol. The van der Waals surface area contributed by atoms with Gasteiger partial charge < -0.3 is 9.64 Å². The second kappa shape index (κ2) is 6.77. The average Bonchev–Trinajstić information content (AvgIpc) is 3.43.